The molecule has 4 fully saturated rings. The Morgan fingerprint density at radius 1 is 1.21 bits per heavy atom. The van der Waals surface area contributed by atoms with E-state index in [9.17, 15) is 9.59 Å². The van der Waals surface area contributed by atoms with Crippen molar-refractivity contribution in [3.05, 3.63) is 11.8 Å². The van der Waals surface area contributed by atoms with Gasteiger partial charge < -0.3 is 20.1 Å². The average Bonchev–Trinajstić information content (AvgIpc) is 3.01. The van der Waals surface area contributed by atoms with Gasteiger partial charge in [0.1, 0.15) is 12.3 Å². The van der Waals surface area contributed by atoms with Gasteiger partial charge in [0.2, 0.25) is 5.91 Å². The van der Waals surface area contributed by atoms with Crippen molar-refractivity contribution in [2.75, 3.05) is 18.4 Å². The molecule has 160 valence electrons. The molecule has 0 radical (unpaired) electrons. The van der Waals surface area contributed by atoms with Crippen LogP contribution in [0.25, 0.3) is 0 Å². The first-order valence-electron chi connectivity index (χ1n) is 11.1. The maximum absolute atomic E-state index is 13.2. The fourth-order valence-electron chi connectivity index (χ4n) is 6.02. The molecule has 2 N–H and O–H groups in total. The molecule has 4 aliphatic rings. The molecule has 5 rings (SSSR count). The smallest absolute Gasteiger partial charge is 0.318 e. The Labute approximate surface area is 172 Å². The van der Waals surface area contributed by atoms with E-state index in [1.165, 1.54) is 19.3 Å². The molecule has 4 bridgehead atoms. The summed E-state index contributed by atoms with van der Waals surface area (Å²) in [6.07, 6.45) is 8.20. The minimum Gasteiger partial charge on any atom is -0.360 e. The maximum Gasteiger partial charge on any atom is 0.318 e. The molecule has 0 unspecified atom stereocenters. The highest BCUT2D eigenvalue weighted by Crippen LogP contribution is 2.55. The van der Waals surface area contributed by atoms with Gasteiger partial charge in [-0.1, -0.05) is 19.0 Å². The zero-order valence-electron chi connectivity index (χ0n) is 17.9. The normalized spacial score (nSPS) is 29.9. The Bertz CT molecular complexity index is 722. The van der Waals surface area contributed by atoms with Crippen LogP contribution in [0.3, 0.4) is 0 Å². The number of nitrogens with one attached hydrogen (secondary N) is 2. The minimum absolute atomic E-state index is 0.0246. The van der Waals surface area contributed by atoms with Crippen molar-refractivity contribution in [2.24, 2.45) is 23.7 Å². The number of aromatic nitrogens is 1. The van der Waals surface area contributed by atoms with Gasteiger partial charge in [0.15, 0.2) is 5.82 Å². The number of anilines is 1. The van der Waals surface area contributed by atoms with Gasteiger partial charge in [-0.15, -0.1) is 0 Å². The minimum atomic E-state index is -0.247. The van der Waals surface area contributed by atoms with Crippen LogP contribution in [0, 0.1) is 30.6 Å². The van der Waals surface area contributed by atoms with Crippen LogP contribution in [0.1, 0.15) is 64.6 Å². The zero-order chi connectivity index (χ0) is 20.6. The quantitative estimate of drug-likeness (QED) is 0.723. The van der Waals surface area contributed by atoms with E-state index in [1.54, 1.807) is 17.9 Å². The second kappa shape index (κ2) is 8.00. The van der Waals surface area contributed by atoms with Gasteiger partial charge in [0.05, 0.1) is 0 Å². The van der Waals surface area contributed by atoms with Crippen molar-refractivity contribution >= 4 is 17.8 Å². The molecule has 0 spiro atoms. The number of urea groups is 1. The van der Waals surface area contributed by atoms with Crippen molar-refractivity contribution in [2.45, 2.75) is 71.3 Å². The third kappa shape index (κ3) is 4.75. The Morgan fingerprint density at radius 3 is 2.34 bits per heavy atom. The topological polar surface area (TPSA) is 87.5 Å². The number of hydrogen-bond acceptors (Lipinski definition) is 4. The second-order valence-corrected chi connectivity index (χ2v) is 10.1. The number of nitrogens with zero attached hydrogens (tertiary/aromatic N) is 2. The highest BCUT2D eigenvalue weighted by molar-refractivity contribution is 5.93. The molecule has 29 heavy (non-hydrogen) atoms. The SMILES string of the molecule is Cc1cc(NC(=O)CN(CCC(C)C)C(=O)NC23CC4CC(CC(C4)C2)C3)no1. The monoisotopic (exact) mass is 402 g/mol. The van der Waals surface area contributed by atoms with Gasteiger partial charge >= 0.3 is 6.03 Å². The molecule has 4 aliphatic carbocycles. The van der Waals surface area contributed by atoms with Crippen LogP contribution in [0.5, 0.6) is 0 Å². The standard InChI is InChI=1S/C22H34N4O3/c1-14(2)4-5-26(13-20(27)23-19-6-15(3)29-25-19)21(28)24-22-10-16-7-17(11-22)9-18(8-16)12-22/h6,14,16-18H,4-5,7-13H2,1-3H3,(H,24,28)(H,23,25,27). The van der Waals surface area contributed by atoms with E-state index in [1.807, 2.05) is 0 Å². The predicted molar refractivity (Wildman–Crippen MR) is 110 cm³/mol. The third-order valence-corrected chi connectivity index (χ3v) is 6.90. The summed E-state index contributed by atoms with van der Waals surface area (Å²) in [5, 5.41) is 9.93. The Morgan fingerprint density at radius 2 is 1.83 bits per heavy atom. The van der Waals surface area contributed by atoms with E-state index in [4.69, 9.17) is 4.52 Å². The van der Waals surface area contributed by atoms with E-state index in [0.29, 0.717) is 24.0 Å². The van der Waals surface area contributed by atoms with Crippen molar-refractivity contribution in [3.63, 3.8) is 0 Å². The lowest BCUT2D eigenvalue weighted by Gasteiger charge is -2.57. The number of carbonyl (C=O) groups is 2. The zero-order valence-corrected chi connectivity index (χ0v) is 17.9. The fraction of sp³-hybridized carbons (Fsp3) is 0.773. The van der Waals surface area contributed by atoms with Crippen molar-refractivity contribution < 1.29 is 14.1 Å². The predicted octanol–water partition coefficient (Wildman–Crippen LogP) is 3.95. The number of amides is 3. The highest BCUT2D eigenvalue weighted by atomic mass is 16.5. The van der Waals surface area contributed by atoms with Gasteiger partial charge in [-0.3, -0.25) is 4.79 Å². The molecule has 0 atom stereocenters. The lowest BCUT2D eigenvalue weighted by atomic mass is 9.53. The van der Waals surface area contributed by atoms with E-state index in [0.717, 1.165) is 43.4 Å². The molecule has 1 aromatic rings. The lowest BCUT2D eigenvalue weighted by molar-refractivity contribution is -0.117. The molecule has 7 heteroatoms. The molecule has 0 saturated heterocycles. The van der Waals surface area contributed by atoms with E-state index in [2.05, 4.69) is 29.6 Å². The Hall–Kier alpha value is -2.05. The number of hydrogen-bond donors (Lipinski definition) is 2. The van der Waals surface area contributed by atoms with E-state index in [-0.39, 0.29) is 24.0 Å². The second-order valence-electron chi connectivity index (χ2n) is 10.1. The number of rotatable bonds is 7. The van der Waals surface area contributed by atoms with Crippen LogP contribution in [0.15, 0.2) is 10.6 Å². The van der Waals surface area contributed by atoms with Crippen LogP contribution in [0.4, 0.5) is 10.6 Å². The first-order valence-corrected chi connectivity index (χ1v) is 11.1. The summed E-state index contributed by atoms with van der Waals surface area (Å²) in [7, 11) is 0. The number of aryl methyl sites for hydroxylation is 1. The van der Waals surface area contributed by atoms with Crippen LogP contribution in [0.2, 0.25) is 0 Å². The van der Waals surface area contributed by atoms with Gasteiger partial charge in [-0.2, -0.15) is 0 Å². The largest absolute Gasteiger partial charge is 0.360 e. The van der Waals surface area contributed by atoms with Crippen molar-refractivity contribution in [1.29, 1.82) is 0 Å². The average molecular weight is 403 g/mol. The molecule has 4 saturated carbocycles. The van der Waals surface area contributed by atoms with Crippen LogP contribution >= 0.6 is 0 Å². The lowest BCUT2D eigenvalue weighted by Crippen LogP contribution is -2.62. The van der Waals surface area contributed by atoms with Crippen molar-refractivity contribution in [3.8, 4) is 0 Å². The summed E-state index contributed by atoms with van der Waals surface area (Å²) in [5.74, 6) is 3.54. The van der Waals surface area contributed by atoms with Gasteiger partial charge in [-0.25, -0.2) is 4.79 Å². The van der Waals surface area contributed by atoms with Gasteiger partial charge in [-0.05, 0) is 75.5 Å². The van der Waals surface area contributed by atoms with Crippen LogP contribution < -0.4 is 10.6 Å². The molecule has 0 aromatic carbocycles. The van der Waals surface area contributed by atoms with E-state index < -0.39 is 0 Å². The Kier molecular flexibility index (Phi) is 5.58. The van der Waals surface area contributed by atoms with E-state index >= 15 is 0 Å². The molecule has 1 heterocycles. The summed E-state index contributed by atoms with van der Waals surface area (Å²) >= 11 is 0. The molecular weight excluding hydrogens is 368 g/mol. The summed E-state index contributed by atoms with van der Waals surface area (Å²) in [4.78, 5) is 27.4. The van der Waals surface area contributed by atoms with Gasteiger partial charge in [0, 0.05) is 18.2 Å². The highest BCUT2D eigenvalue weighted by Gasteiger charge is 2.51. The van der Waals surface area contributed by atoms with Crippen molar-refractivity contribution in [1.82, 2.24) is 15.4 Å². The maximum atomic E-state index is 13.2. The molecule has 3 amide bonds. The molecule has 0 aliphatic heterocycles. The Balaban J connectivity index is 1.40. The summed E-state index contributed by atoms with van der Waals surface area (Å²) in [6.45, 7) is 6.63. The van der Waals surface area contributed by atoms with Crippen LogP contribution in [-0.2, 0) is 4.79 Å². The molecule has 7 nitrogen and oxygen atoms in total. The first kappa shape index (κ1) is 20.2. The summed E-state index contributed by atoms with van der Waals surface area (Å²) in [5.41, 5.74) is -0.0540. The molecule has 1 aromatic heterocycles. The summed E-state index contributed by atoms with van der Waals surface area (Å²) in [6, 6.07) is 1.57. The molecular formula is C22H34N4O3. The third-order valence-electron chi connectivity index (χ3n) is 6.90. The fourth-order valence-corrected chi connectivity index (χ4v) is 6.02. The van der Waals surface area contributed by atoms with Gasteiger partial charge in [0.25, 0.3) is 0 Å². The van der Waals surface area contributed by atoms with Crippen LogP contribution in [-0.4, -0.2) is 40.6 Å². The summed E-state index contributed by atoms with van der Waals surface area (Å²) < 4.78 is 5.00. The first-order chi connectivity index (χ1) is 13.8. The number of carbonyl (C=O) groups excluding carboxylic acids is 2.